The van der Waals surface area contributed by atoms with Crippen molar-refractivity contribution in [2.45, 2.75) is 19.4 Å². The van der Waals surface area contributed by atoms with E-state index in [0.29, 0.717) is 0 Å². The molecular weight excluding hydrogens is 370 g/mol. The molecule has 0 N–H and O–H groups in total. The molecule has 0 radical (unpaired) electrons. The van der Waals surface area contributed by atoms with E-state index >= 15 is 0 Å². The van der Waals surface area contributed by atoms with Crippen LogP contribution in [-0.4, -0.2) is 67.0 Å². The Morgan fingerprint density at radius 3 is 2.38 bits per heavy atom. The van der Waals surface area contributed by atoms with Crippen LogP contribution in [0, 0.1) is 0 Å². The maximum atomic E-state index is 12.4. The van der Waals surface area contributed by atoms with Crippen LogP contribution in [-0.2, 0) is 11.3 Å². The van der Waals surface area contributed by atoms with Crippen molar-refractivity contribution in [1.29, 1.82) is 0 Å². The van der Waals surface area contributed by atoms with Crippen LogP contribution in [0.3, 0.4) is 0 Å². The Balaban J connectivity index is 1.43. The summed E-state index contributed by atoms with van der Waals surface area (Å²) in [6.07, 6.45) is 2.06. The summed E-state index contributed by atoms with van der Waals surface area (Å²) in [6.45, 7) is 4.78. The standard InChI is InChI=1S/C21H27N5O3/c1-29-18-7-3-2-6-17(18)23-12-14-24(15-13-23)19-8-9-20(27)26(22-19)16-21(28)25-10-4-5-11-25/h2-3,6-9H,4-5,10-16H2,1H3. The van der Waals surface area contributed by atoms with E-state index < -0.39 is 0 Å². The zero-order valence-electron chi connectivity index (χ0n) is 16.8. The molecule has 0 unspecified atom stereocenters. The van der Waals surface area contributed by atoms with Crippen molar-refractivity contribution in [2.24, 2.45) is 0 Å². The lowest BCUT2D eigenvalue weighted by atomic mass is 10.2. The molecule has 3 heterocycles. The molecule has 2 fully saturated rings. The number of hydrogen-bond acceptors (Lipinski definition) is 6. The minimum absolute atomic E-state index is 0.00779. The molecule has 0 saturated carbocycles. The summed E-state index contributed by atoms with van der Waals surface area (Å²) in [4.78, 5) is 30.9. The fourth-order valence-corrected chi connectivity index (χ4v) is 3.98. The van der Waals surface area contributed by atoms with Crippen molar-refractivity contribution in [3.05, 3.63) is 46.8 Å². The zero-order chi connectivity index (χ0) is 20.2. The van der Waals surface area contributed by atoms with Crippen molar-refractivity contribution in [3.63, 3.8) is 0 Å². The quantitative estimate of drug-likeness (QED) is 0.755. The maximum absolute atomic E-state index is 12.4. The molecule has 1 aromatic carbocycles. The van der Waals surface area contributed by atoms with Gasteiger partial charge in [0.25, 0.3) is 5.56 Å². The second kappa shape index (κ2) is 8.55. The second-order valence-electron chi connectivity index (χ2n) is 7.42. The van der Waals surface area contributed by atoms with E-state index in [1.807, 2.05) is 23.1 Å². The molecule has 0 atom stereocenters. The molecular formula is C21H27N5O3. The second-order valence-corrected chi connectivity index (χ2v) is 7.42. The van der Waals surface area contributed by atoms with Gasteiger partial charge in [0.05, 0.1) is 12.8 Å². The van der Waals surface area contributed by atoms with Crippen molar-refractivity contribution in [3.8, 4) is 5.75 Å². The SMILES string of the molecule is COc1ccccc1N1CCN(c2ccc(=O)n(CC(=O)N3CCCC3)n2)CC1. The molecule has 0 aliphatic carbocycles. The highest BCUT2D eigenvalue weighted by molar-refractivity contribution is 5.76. The van der Waals surface area contributed by atoms with Crippen LogP contribution < -0.4 is 20.1 Å². The highest BCUT2D eigenvalue weighted by Gasteiger charge is 2.22. The van der Waals surface area contributed by atoms with Crippen molar-refractivity contribution in [2.75, 3.05) is 56.2 Å². The number of methoxy groups -OCH3 is 1. The van der Waals surface area contributed by atoms with Gasteiger partial charge in [-0.3, -0.25) is 9.59 Å². The molecule has 8 nitrogen and oxygen atoms in total. The Bertz CT molecular complexity index is 915. The van der Waals surface area contributed by atoms with Gasteiger partial charge in [-0.1, -0.05) is 12.1 Å². The molecule has 2 aliphatic heterocycles. The number of likely N-dealkylation sites (tertiary alicyclic amines) is 1. The predicted molar refractivity (Wildman–Crippen MR) is 112 cm³/mol. The molecule has 8 heteroatoms. The highest BCUT2D eigenvalue weighted by Crippen LogP contribution is 2.28. The summed E-state index contributed by atoms with van der Waals surface area (Å²) < 4.78 is 6.77. The van der Waals surface area contributed by atoms with E-state index in [0.717, 1.165) is 69.4 Å². The topological polar surface area (TPSA) is 70.9 Å². The first-order valence-electron chi connectivity index (χ1n) is 10.1. The first-order valence-corrected chi connectivity index (χ1v) is 10.1. The zero-order valence-corrected chi connectivity index (χ0v) is 16.8. The normalized spacial score (nSPS) is 16.9. The molecule has 2 aromatic rings. The van der Waals surface area contributed by atoms with Crippen LogP contribution >= 0.6 is 0 Å². The van der Waals surface area contributed by atoms with E-state index in [-0.39, 0.29) is 18.0 Å². The monoisotopic (exact) mass is 397 g/mol. The summed E-state index contributed by atoms with van der Waals surface area (Å²) in [5.41, 5.74) is 0.845. The van der Waals surface area contributed by atoms with E-state index in [2.05, 4.69) is 21.0 Å². The lowest BCUT2D eigenvalue weighted by Gasteiger charge is -2.37. The lowest BCUT2D eigenvalue weighted by molar-refractivity contribution is -0.131. The van der Waals surface area contributed by atoms with Gasteiger partial charge in [0.2, 0.25) is 5.91 Å². The van der Waals surface area contributed by atoms with Gasteiger partial charge >= 0.3 is 0 Å². The lowest BCUT2D eigenvalue weighted by Crippen LogP contribution is -2.47. The Morgan fingerprint density at radius 1 is 0.966 bits per heavy atom. The van der Waals surface area contributed by atoms with Gasteiger partial charge in [-0.15, -0.1) is 0 Å². The van der Waals surface area contributed by atoms with E-state index in [4.69, 9.17) is 4.74 Å². The number of rotatable bonds is 5. The highest BCUT2D eigenvalue weighted by atomic mass is 16.5. The van der Waals surface area contributed by atoms with E-state index in [1.165, 1.54) is 10.7 Å². The van der Waals surface area contributed by atoms with Gasteiger partial charge in [-0.05, 0) is 31.0 Å². The van der Waals surface area contributed by atoms with Crippen LogP contribution in [0.25, 0.3) is 0 Å². The number of ether oxygens (including phenoxy) is 1. The average molecular weight is 397 g/mol. The summed E-state index contributed by atoms with van der Waals surface area (Å²) in [5.74, 6) is 1.57. The fourth-order valence-electron chi connectivity index (χ4n) is 3.98. The van der Waals surface area contributed by atoms with Crippen LogP contribution in [0.15, 0.2) is 41.2 Å². The number of carbonyl (C=O) groups excluding carboxylic acids is 1. The number of carbonyl (C=O) groups is 1. The van der Waals surface area contributed by atoms with Crippen LogP contribution in [0.4, 0.5) is 11.5 Å². The third-order valence-corrected chi connectivity index (χ3v) is 5.63. The summed E-state index contributed by atoms with van der Waals surface area (Å²) in [6, 6.07) is 11.3. The number of benzene rings is 1. The molecule has 4 rings (SSSR count). The third kappa shape index (κ3) is 4.21. The van der Waals surface area contributed by atoms with Crippen LogP contribution in [0.5, 0.6) is 5.75 Å². The van der Waals surface area contributed by atoms with Gasteiger partial charge in [-0.25, -0.2) is 4.68 Å². The first-order chi connectivity index (χ1) is 14.2. The summed E-state index contributed by atoms with van der Waals surface area (Å²) in [7, 11) is 1.69. The first kappa shape index (κ1) is 19.3. The third-order valence-electron chi connectivity index (χ3n) is 5.63. The molecule has 29 heavy (non-hydrogen) atoms. The Kier molecular flexibility index (Phi) is 5.69. The number of anilines is 2. The molecule has 1 amide bonds. The maximum Gasteiger partial charge on any atom is 0.267 e. The van der Waals surface area contributed by atoms with E-state index in [1.54, 1.807) is 13.2 Å². The van der Waals surface area contributed by atoms with Crippen LogP contribution in [0.2, 0.25) is 0 Å². The van der Waals surface area contributed by atoms with Crippen molar-refractivity contribution < 1.29 is 9.53 Å². The van der Waals surface area contributed by atoms with Gasteiger partial charge in [0, 0.05) is 45.3 Å². The van der Waals surface area contributed by atoms with Gasteiger partial charge in [0.1, 0.15) is 18.1 Å². The number of para-hydroxylation sites is 2. The van der Waals surface area contributed by atoms with Crippen molar-refractivity contribution >= 4 is 17.4 Å². The van der Waals surface area contributed by atoms with Gasteiger partial charge in [0.15, 0.2) is 0 Å². The Morgan fingerprint density at radius 2 is 1.66 bits per heavy atom. The van der Waals surface area contributed by atoms with Gasteiger partial charge in [-0.2, -0.15) is 5.10 Å². The van der Waals surface area contributed by atoms with Gasteiger partial charge < -0.3 is 19.4 Å². The number of piperazine rings is 1. The molecule has 2 aliphatic rings. The minimum atomic E-state index is -0.242. The average Bonchev–Trinajstić information content (AvgIpc) is 3.30. The van der Waals surface area contributed by atoms with E-state index in [9.17, 15) is 9.59 Å². The fraction of sp³-hybridized carbons (Fsp3) is 0.476. The molecule has 2 saturated heterocycles. The number of nitrogens with zero attached hydrogens (tertiary/aromatic N) is 5. The number of aromatic nitrogens is 2. The Labute approximate surface area is 170 Å². The van der Waals surface area contributed by atoms with Crippen molar-refractivity contribution in [1.82, 2.24) is 14.7 Å². The summed E-state index contributed by atoms with van der Waals surface area (Å²) in [5, 5.41) is 4.48. The molecule has 0 spiro atoms. The molecule has 1 aromatic heterocycles. The Hall–Kier alpha value is -3.03. The predicted octanol–water partition coefficient (Wildman–Crippen LogP) is 1.20. The molecule has 0 bridgehead atoms. The van der Waals surface area contributed by atoms with Crippen LogP contribution in [0.1, 0.15) is 12.8 Å². The summed E-state index contributed by atoms with van der Waals surface area (Å²) >= 11 is 0. The molecule has 154 valence electrons. The smallest absolute Gasteiger partial charge is 0.267 e. The number of amides is 1. The number of hydrogen-bond donors (Lipinski definition) is 0. The minimum Gasteiger partial charge on any atom is -0.495 e. The largest absolute Gasteiger partial charge is 0.495 e.